The van der Waals surface area contributed by atoms with Crippen LogP contribution in [0.25, 0.3) is 12.2 Å². The molecule has 1 heteroatoms. The van der Waals surface area contributed by atoms with Crippen LogP contribution in [-0.2, 0) is 20.3 Å². The van der Waals surface area contributed by atoms with E-state index in [2.05, 4.69) is 72.8 Å². The molecule has 2 aromatic rings. The van der Waals surface area contributed by atoms with Crippen molar-refractivity contribution in [3.05, 3.63) is 82.9 Å². The van der Waals surface area contributed by atoms with Gasteiger partial charge in [-0.3, -0.25) is 0 Å². The van der Waals surface area contributed by atoms with Crippen LogP contribution in [0.1, 0.15) is 55.2 Å². The van der Waals surface area contributed by atoms with E-state index < -0.39 is 20.3 Å². The van der Waals surface area contributed by atoms with E-state index in [1.54, 1.807) is 11.1 Å². The maximum atomic E-state index is 2.63. The normalized spacial score (nSPS) is 36.8. The maximum absolute atomic E-state index is 2.63. The zero-order chi connectivity index (χ0) is 16.4. The number of hydrogen-bond donors (Lipinski definition) is 0. The van der Waals surface area contributed by atoms with Crippen LogP contribution in [0.3, 0.4) is 0 Å². The standard InChI is InChI=1S/2C9H7.C6H10.Zr/c2*1-2-5-9-7-3-6-8(9)4-1;1-2-4-6-5-3-1;/h2*1-7H;1-2H,3-6H2;. The van der Waals surface area contributed by atoms with Crippen LogP contribution < -0.4 is 0 Å². The fourth-order valence-electron chi connectivity index (χ4n) is 6.71. The molecule has 0 spiro atoms. The van der Waals surface area contributed by atoms with Crippen LogP contribution in [0, 0.1) is 0 Å². The third kappa shape index (κ3) is 1.91. The summed E-state index contributed by atoms with van der Waals surface area (Å²) in [5.74, 6) is 0. The fraction of sp³-hybridized carbons (Fsp3) is 0.333. The summed E-state index contributed by atoms with van der Waals surface area (Å²) in [6, 6.07) is 18.5. The van der Waals surface area contributed by atoms with Crippen molar-refractivity contribution in [2.45, 2.75) is 40.2 Å². The van der Waals surface area contributed by atoms with Gasteiger partial charge >= 0.3 is 156 Å². The Labute approximate surface area is 155 Å². The first-order chi connectivity index (χ1) is 12.4. The van der Waals surface area contributed by atoms with Crippen LogP contribution in [0.4, 0.5) is 0 Å². The third-order valence-electron chi connectivity index (χ3n) is 7.62. The number of allylic oxidation sites excluding steroid dienone is 2. The molecule has 1 heterocycles. The second-order valence-electron chi connectivity index (χ2n) is 8.43. The van der Waals surface area contributed by atoms with Crippen molar-refractivity contribution in [3.63, 3.8) is 0 Å². The van der Waals surface area contributed by atoms with E-state index in [-0.39, 0.29) is 0 Å². The zero-order valence-corrected chi connectivity index (χ0v) is 17.0. The second-order valence-corrected chi connectivity index (χ2v) is 20.0. The van der Waals surface area contributed by atoms with Crippen LogP contribution in [0.2, 0.25) is 7.25 Å². The van der Waals surface area contributed by atoms with Gasteiger partial charge in [-0.2, -0.15) is 0 Å². The minimum absolute atomic E-state index is 0.805. The van der Waals surface area contributed by atoms with Crippen molar-refractivity contribution < 1.29 is 20.3 Å². The quantitative estimate of drug-likeness (QED) is 0.515. The van der Waals surface area contributed by atoms with Crippen molar-refractivity contribution >= 4 is 12.2 Å². The minimum atomic E-state index is -2.42. The van der Waals surface area contributed by atoms with Crippen LogP contribution in [0.5, 0.6) is 0 Å². The Kier molecular flexibility index (Phi) is 3.22. The average Bonchev–Trinajstić information content (AvgIpc) is 3.00. The summed E-state index contributed by atoms with van der Waals surface area (Å²) in [6.07, 6.45) is 16.2. The van der Waals surface area contributed by atoms with Crippen molar-refractivity contribution in [1.29, 1.82) is 0 Å². The molecule has 2 fully saturated rings. The second kappa shape index (κ2) is 5.40. The molecule has 124 valence electrons. The van der Waals surface area contributed by atoms with Gasteiger partial charge in [0.25, 0.3) is 0 Å². The van der Waals surface area contributed by atoms with E-state index in [0.717, 1.165) is 14.5 Å². The molecule has 0 radical (unpaired) electrons. The van der Waals surface area contributed by atoms with E-state index in [4.69, 9.17) is 0 Å². The summed E-state index contributed by atoms with van der Waals surface area (Å²) in [7, 11) is 0. The molecule has 0 bridgehead atoms. The first kappa shape index (κ1) is 14.9. The van der Waals surface area contributed by atoms with Crippen LogP contribution in [-0.4, -0.2) is 0 Å². The Morgan fingerprint density at radius 1 is 0.640 bits per heavy atom. The Balaban J connectivity index is 1.52. The van der Waals surface area contributed by atoms with Gasteiger partial charge < -0.3 is 0 Å². The van der Waals surface area contributed by atoms with Crippen molar-refractivity contribution in [2.75, 3.05) is 0 Å². The van der Waals surface area contributed by atoms with E-state index in [1.807, 2.05) is 0 Å². The number of hydrogen-bond acceptors (Lipinski definition) is 0. The van der Waals surface area contributed by atoms with Gasteiger partial charge in [-0.1, -0.05) is 0 Å². The molecular formula is C24H24Zr. The van der Waals surface area contributed by atoms with Gasteiger partial charge in [0.15, 0.2) is 0 Å². The topological polar surface area (TPSA) is 0 Å². The fourth-order valence-corrected chi connectivity index (χ4v) is 28.2. The Hall–Kier alpha value is -1.20. The molecule has 1 aliphatic heterocycles. The molecule has 2 unspecified atom stereocenters. The summed E-state index contributed by atoms with van der Waals surface area (Å²) in [6.45, 7) is 0. The molecule has 3 aliphatic carbocycles. The van der Waals surface area contributed by atoms with Gasteiger partial charge in [0.05, 0.1) is 0 Å². The number of benzene rings is 2. The van der Waals surface area contributed by atoms with Gasteiger partial charge in [0, 0.05) is 0 Å². The molecule has 2 aromatic carbocycles. The Bertz CT molecular complexity index is 830. The van der Waals surface area contributed by atoms with Crippen molar-refractivity contribution in [2.24, 2.45) is 0 Å². The molecule has 4 aliphatic rings. The predicted molar refractivity (Wildman–Crippen MR) is 102 cm³/mol. The van der Waals surface area contributed by atoms with Crippen LogP contribution >= 0.6 is 0 Å². The summed E-state index contributed by atoms with van der Waals surface area (Å²) in [4.78, 5) is 0. The first-order valence-corrected chi connectivity index (χ1v) is 15.6. The van der Waals surface area contributed by atoms with E-state index >= 15 is 0 Å². The van der Waals surface area contributed by atoms with Gasteiger partial charge in [0.1, 0.15) is 0 Å². The molecule has 0 aromatic heterocycles. The molecule has 1 saturated heterocycles. The Morgan fingerprint density at radius 2 is 1.12 bits per heavy atom. The molecule has 6 rings (SSSR count). The molecule has 4 atom stereocenters. The van der Waals surface area contributed by atoms with Gasteiger partial charge in [-0.25, -0.2) is 0 Å². The zero-order valence-electron chi connectivity index (χ0n) is 14.6. The van der Waals surface area contributed by atoms with E-state index in [1.165, 1.54) is 36.8 Å². The molecule has 0 N–H and O–H groups in total. The molecule has 1 saturated carbocycles. The Morgan fingerprint density at radius 3 is 1.64 bits per heavy atom. The third-order valence-corrected chi connectivity index (χ3v) is 24.2. The van der Waals surface area contributed by atoms with Gasteiger partial charge in [0.2, 0.25) is 0 Å². The van der Waals surface area contributed by atoms with Crippen molar-refractivity contribution in [1.82, 2.24) is 0 Å². The van der Waals surface area contributed by atoms with Gasteiger partial charge in [-0.15, -0.1) is 0 Å². The molecular weight excluding hydrogens is 379 g/mol. The molecule has 0 nitrogen and oxygen atoms in total. The molecule has 25 heavy (non-hydrogen) atoms. The number of rotatable bonds is 2. The van der Waals surface area contributed by atoms with E-state index in [9.17, 15) is 0 Å². The summed E-state index contributed by atoms with van der Waals surface area (Å²) < 4.78 is 3.84. The summed E-state index contributed by atoms with van der Waals surface area (Å²) in [5, 5.41) is 0. The summed E-state index contributed by atoms with van der Waals surface area (Å²) in [5.41, 5.74) is 6.35. The number of fused-ring (bicyclic) bond motifs is 3. The molecule has 0 amide bonds. The SMILES string of the molecule is C1=C[CH]([Zr]2([CH]3C=Cc4ccccc43)[C@@H]3CCCC[C@@H]32)c2ccccc21. The predicted octanol–water partition coefficient (Wildman–Crippen LogP) is 6.84. The average molecular weight is 404 g/mol. The monoisotopic (exact) mass is 402 g/mol. The van der Waals surface area contributed by atoms with E-state index in [0.29, 0.717) is 0 Å². The van der Waals surface area contributed by atoms with Gasteiger partial charge in [-0.05, 0) is 0 Å². The first-order valence-electron chi connectivity index (χ1n) is 9.95. The summed E-state index contributed by atoms with van der Waals surface area (Å²) >= 11 is -2.42. The van der Waals surface area contributed by atoms with Crippen LogP contribution in [0.15, 0.2) is 60.7 Å². The van der Waals surface area contributed by atoms with Crippen molar-refractivity contribution in [3.8, 4) is 0 Å².